The number of benzene rings is 1. The molecule has 2 amide bonds. The molecule has 0 radical (unpaired) electrons. The largest absolute Gasteiger partial charge is 0.392 e. The Morgan fingerprint density at radius 2 is 2.14 bits per heavy atom. The lowest BCUT2D eigenvalue weighted by Gasteiger charge is -2.07. The molecule has 120 valence electrons. The fourth-order valence-corrected chi connectivity index (χ4v) is 1.85. The van der Waals surface area contributed by atoms with Gasteiger partial charge in [0.15, 0.2) is 0 Å². The third-order valence-corrected chi connectivity index (χ3v) is 3.07. The molecule has 5 nitrogen and oxygen atoms in total. The normalized spacial score (nSPS) is 12.1. The van der Waals surface area contributed by atoms with Crippen molar-refractivity contribution in [1.82, 2.24) is 10.6 Å². The van der Waals surface area contributed by atoms with Crippen molar-refractivity contribution in [3.63, 3.8) is 0 Å². The number of hydrogen-bond donors (Lipinski definition) is 3. The Morgan fingerprint density at radius 3 is 2.82 bits per heavy atom. The van der Waals surface area contributed by atoms with Gasteiger partial charge in [-0.15, -0.1) is 0 Å². The number of amides is 2. The predicted molar refractivity (Wildman–Crippen MR) is 87.4 cm³/mol. The first kappa shape index (κ1) is 17.9. The summed E-state index contributed by atoms with van der Waals surface area (Å²) in [6.07, 6.45) is 5.50. The van der Waals surface area contributed by atoms with Crippen molar-refractivity contribution in [2.24, 2.45) is 0 Å². The van der Waals surface area contributed by atoms with Gasteiger partial charge in [0.2, 0.25) is 5.91 Å². The van der Waals surface area contributed by atoms with Crippen LogP contribution >= 0.6 is 0 Å². The van der Waals surface area contributed by atoms with Crippen LogP contribution in [0.1, 0.15) is 42.1 Å². The molecule has 1 aromatic carbocycles. The molecule has 0 saturated carbocycles. The average molecular weight is 304 g/mol. The van der Waals surface area contributed by atoms with Crippen LogP contribution in [0.4, 0.5) is 0 Å². The summed E-state index contributed by atoms with van der Waals surface area (Å²) in [6, 6.07) is 7.27. The number of rotatable bonds is 8. The summed E-state index contributed by atoms with van der Waals surface area (Å²) in [5.74, 6) is -0.152. The van der Waals surface area contributed by atoms with Gasteiger partial charge in [-0.05, 0) is 37.5 Å². The molecule has 5 heteroatoms. The van der Waals surface area contributed by atoms with E-state index >= 15 is 0 Å². The van der Waals surface area contributed by atoms with Crippen LogP contribution in [0, 0.1) is 0 Å². The number of allylic oxidation sites excluding steroid dienone is 1. The Balaban J connectivity index is 2.49. The zero-order valence-electron chi connectivity index (χ0n) is 13.1. The van der Waals surface area contributed by atoms with Crippen LogP contribution in [-0.2, 0) is 4.79 Å². The standard InChI is InChI=1S/C17H24N2O3/c1-13(20)12-19-17(22)15-9-6-8-14(11-15)7-4-3-5-10-16(21)18-2/h4,6-9,11,13,20H,3,5,10,12H2,1-2H3,(H,18,21)(H,19,22). The highest BCUT2D eigenvalue weighted by Gasteiger charge is 2.06. The number of unbranched alkanes of at least 4 members (excludes halogenated alkanes) is 1. The van der Waals surface area contributed by atoms with E-state index in [-0.39, 0.29) is 18.4 Å². The molecular formula is C17H24N2O3. The maximum Gasteiger partial charge on any atom is 0.251 e. The second-order valence-corrected chi connectivity index (χ2v) is 5.15. The van der Waals surface area contributed by atoms with E-state index in [0.29, 0.717) is 12.0 Å². The molecule has 0 aliphatic rings. The Labute approximate surface area is 131 Å². The van der Waals surface area contributed by atoms with E-state index in [9.17, 15) is 14.7 Å². The van der Waals surface area contributed by atoms with Crippen LogP contribution in [0.3, 0.4) is 0 Å². The van der Waals surface area contributed by atoms with Crippen LogP contribution in [-0.4, -0.2) is 36.6 Å². The maximum atomic E-state index is 11.9. The van der Waals surface area contributed by atoms with Crippen molar-refractivity contribution in [3.05, 3.63) is 41.5 Å². The molecule has 0 heterocycles. The monoisotopic (exact) mass is 304 g/mol. The molecule has 22 heavy (non-hydrogen) atoms. The molecule has 0 bridgehead atoms. The van der Waals surface area contributed by atoms with E-state index in [4.69, 9.17) is 0 Å². The molecule has 0 spiro atoms. The highest BCUT2D eigenvalue weighted by Crippen LogP contribution is 2.09. The first-order valence-electron chi connectivity index (χ1n) is 7.46. The summed E-state index contributed by atoms with van der Waals surface area (Å²) in [7, 11) is 1.63. The summed E-state index contributed by atoms with van der Waals surface area (Å²) in [5.41, 5.74) is 1.50. The molecule has 1 atom stereocenters. The van der Waals surface area contributed by atoms with Crippen LogP contribution in [0.15, 0.2) is 30.3 Å². The fourth-order valence-electron chi connectivity index (χ4n) is 1.85. The molecule has 0 aliphatic heterocycles. The van der Waals surface area contributed by atoms with Crippen LogP contribution in [0.2, 0.25) is 0 Å². The van der Waals surface area contributed by atoms with Gasteiger partial charge in [0.1, 0.15) is 0 Å². The first-order chi connectivity index (χ1) is 10.5. The Kier molecular flexibility index (Phi) is 7.92. The molecule has 0 aromatic heterocycles. The van der Waals surface area contributed by atoms with E-state index < -0.39 is 6.10 Å². The van der Waals surface area contributed by atoms with Gasteiger partial charge < -0.3 is 15.7 Å². The topological polar surface area (TPSA) is 78.4 Å². The van der Waals surface area contributed by atoms with Gasteiger partial charge in [-0.25, -0.2) is 0 Å². The minimum atomic E-state index is -0.563. The molecule has 0 fully saturated rings. The zero-order valence-corrected chi connectivity index (χ0v) is 13.1. The van der Waals surface area contributed by atoms with Gasteiger partial charge in [0, 0.05) is 25.6 Å². The number of hydrogen-bond acceptors (Lipinski definition) is 3. The van der Waals surface area contributed by atoms with Crippen molar-refractivity contribution < 1.29 is 14.7 Å². The zero-order chi connectivity index (χ0) is 16.4. The lowest BCUT2D eigenvalue weighted by atomic mass is 10.1. The summed E-state index contributed by atoms with van der Waals surface area (Å²) >= 11 is 0. The summed E-state index contributed by atoms with van der Waals surface area (Å²) in [6.45, 7) is 1.86. The Bertz CT molecular complexity index is 524. The van der Waals surface area contributed by atoms with Gasteiger partial charge in [0.25, 0.3) is 5.91 Å². The second kappa shape index (κ2) is 9.73. The smallest absolute Gasteiger partial charge is 0.251 e. The number of nitrogens with one attached hydrogen (secondary N) is 2. The second-order valence-electron chi connectivity index (χ2n) is 5.15. The maximum absolute atomic E-state index is 11.9. The number of carbonyl (C=O) groups is 2. The van der Waals surface area contributed by atoms with Crippen molar-refractivity contribution in [2.45, 2.75) is 32.3 Å². The van der Waals surface area contributed by atoms with E-state index in [2.05, 4.69) is 10.6 Å². The molecule has 0 aliphatic carbocycles. The SMILES string of the molecule is CNC(=O)CCCC=Cc1cccc(C(=O)NCC(C)O)c1. The summed E-state index contributed by atoms with van der Waals surface area (Å²) < 4.78 is 0. The number of aliphatic hydroxyl groups is 1. The van der Waals surface area contributed by atoms with Crippen molar-refractivity contribution in [2.75, 3.05) is 13.6 Å². The highest BCUT2D eigenvalue weighted by atomic mass is 16.3. The van der Waals surface area contributed by atoms with Crippen molar-refractivity contribution >= 4 is 17.9 Å². The van der Waals surface area contributed by atoms with E-state index in [0.717, 1.165) is 18.4 Å². The predicted octanol–water partition coefficient (Wildman–Crippen LogP) is 1.73. The molecular weight excluding hydrogens is 280 g/mol. The van der Waals surface area contributed by atoms with Crippen LogP contribution < -0.4 is 10.6 Å². The Morgan fingerprint density at radius 1 is 1.36 bits per heavy atom. The van der Waals surface area contributed by atoms with Crippen LogP contribution in [0.25, 0.3) is 6.08 Å². The van der Waals surface area contributed by atoms with Gasteiger partial charge in [-0.3, -0.25) is 9.59 Å². The third-order valence-electron chi connectivity index (χ3n) is 3.07. The van der Waals surface area contributed by atoms with Gasteiger partial charge in [0.05, 0.1) is 6.10 Å². The lowest BCUT2D eigenvalue weighted by Crippen LogP contribution is -2.30. The molecule has 3 N–H and O–H groups in total. The summed E-state index contributed by atoms with van der Waals surface area (Å²) in [5, 5.41) is 14.4. The molecule has 1 rings (SSSR count). The van der Waals surface area contributed by atoms with Gasteiger partial charge in [-0.1, -0.05) is 24.3 Å². The number of aliphatic hydroxyl groups excluding tert-OH is 1. The molecule has 0 saturated heterocycles. The van der Waals surface area contributed by atoms with E-state index in [1.165, 1.54) is 0 Å². The molecule has 1 aromatic rings. The third kappa shape index (κ3) is 7.04. The minimum Gasteiger partial charge on any atom is -0.392 e. The molecule has 1 unspecified atom stereocenters. The van der Waals surface area contributed by atoms with E-state index in [1.54, 1.807) is 26.1 Å². The minimum absolute atomic E-state index is 0.0465. The number of carbonyl (C=O) groups excluding carboxylic acids is 2. The van der Waals surface area contributed by atoms with Gasteiger partial charge in [-0.2, -0.15) is 0 Å². The summed E-state index contributed by atoms with van der Waals surface area (Å²) in [4.78, 5) is 23.0. The van der Waals surface area contributed by atoms with Crippen molar-refractivity contribution in [3.8, 4) is 0 Å². The first-order valence-corrected chi connectivity index (χ1v) is 7.46. The van der Waals surface area contributed by atoms with Crippen LogP contribution in [0.5, 0.6) is 0 Å². The highest BCUT2D eigenvalue weighted by molar-refractivity contribution is 5.94. The van der Waals surface area contributed by atoms with E-state index in [1.807, 2.05) is 24.3 Å². The lowest BCUT2D eigenvalue weighted by molar-refractivity contribution is -0.120. The van der Waals surface area contributed by atoms with Crippen molar-refractivity contribution in [1.29, 1.82) is 0 Å². The Hall–Kier alpha value is -2.14. The fraction of sp³-hybridized carbons (Fsp3) is 0.412. The quantitative estimate of drug-likeness (QED) is 0.640. The van der Waals surface area contributed by atoms with Gasteiger partial charge >= 0.3 is 0 Å². The average Bonchev–Trinajstić information content (AvgIpc) is 2.52.